The summed E-state index contributed by atoms with van der Waals surface area (Å²) in [5.74, 6) is -0.505. The van der Waals surface area contributed by atoms with Crippen LogP contribution in [0.4, 0.5) is 0 Å². The SMILES string of the molecule is C/C=C/C(O)/C(=C/I)C(=O)OC. The molecule has 0 rings (SSSR count). The molecule has 1 unspecified atom stereocenters. The lowest BCUT2D eigenvalue weighted by Gasteiger charge is -2.07. The third-order valence-corrected chi connectivity index (χ3v) is 1.90. The Hall–Kier alpha value is -0.360. The molecule has 12 heavy (non-hydrogen) atoms. The number of carbonyl (C=O) groups excluding carboxylic acids is 1. The van der Waals surface area contributed by atoms with Crippen molar-refractivity contribution in [3.8, 4) is 0 Å². The van der Waals surface area contributed by atoms with Crippen molar-refractivity contribution in [3.05, 3.63) is 21.8 Å². The number of methoxy groups -OCH3 is 1. The standard InChI is InChI=1S/C8H11IO3/c1-3-4-7(10)6(5-9)8(11)12-2/h3-5,7,10H,1-2H3/b4-3+,6-5-. The lowest BCUT2D eigenvalue weighted by molar-refractivity contribution is -0.136. The van der Waals surface area contributed by atoms with Gasteiger partial charge in [0.15, 0.2) is 0 Å². The second kappa shape index (κ2) is 6.19. The van der Waals surface area contributed by atoms with E-state index in [0.29, 0.717) is 0 Å². The molecule has 0 saturated heterocycles. The number of halogens is 1. The molecular weight excluding hydrogens is 271 g/mol. The maximum atomic E-state index is 11.0. The molecule has 0 aromatic carbocycles. The number of esters is 1. The number of hydrogen-bond donors (Lipinski definition) is 1. The third-order valence-electron chi connectivity index (χ3n) is 1.23. The van der Waals surface area contributed by atoms with E-state index in [4.69, 9.17) is 0 Å². The second-order valence-corrected chi connectivity index (χ2v) is 2.65. The third kappa shape index (κ3) is 3.36. The lowest BCUT2D eigenvalue weighted by atomic mass is 10.1. The molecule has 0 aliphatic heterocycles. The number of ether oxygens (including phenoxy) is 1. The van der Waals surface area contributed by atoms with Crippen LogP contribution in [0, 0.1) is 0 Å². The van der Waals surface area contributed by atoms with Crippen molar-refractivity contribution in [3.63, 3.8) is 0 Å². The van der Waals surface area contributed by atoms with Crippen molar-refractivity contribution in [1.82, 2.24) is 0 Å². The summed E-state index contributed by atoms with van der Waals surface area (Å²) in [7, 11) is 1.28. The molecule has 0 amide bonds. The fourth-order valence-electron chi connectivity index (χ4n) is 0.634. The number of carbonyl (C=O) groups is 1. The predicted octanol–water partition coefficient (Wildman–Crippen LogP) is 1.42. The number of aliphatic hydroxyl groups excluding tert-OH is 1. The van der Waals surface area contributed by atoms with Crippen molar-refractivity contribution in [2.45, 2.75) is 13.0 Å². The zero-order valence-corrected chi connectivity index (χ0v) is 9.11. The van der Waals surface area contributed by atoms with Gasteiger partial charge in [0, 0.05) is 0 Å². The molecule has 0 fully saturated rings. The van der Waals surface area contributed by atoms with E-state index in [-0.39, 0.29) is 5.57 Å². The van der Waals surface area contributed by atoms with E-state index in [0.717, 1.165) is 0 Å². The summed E-state index contributed by atoms with van der Waals surface area (Å²) in [4.78, 5) is 11.0. The zero-order valence-electron chi connectivity index (χ0n) is 6.95. The molecule has 0 heterocycles. The van der Waals surface area contributed by atoms with Crippen molar-refractivity contribution < 1.29 is 14.6 Å². The molecule has 0 radical (unpaired) electrons. The molecule has 1 atom stereocenters. The lowest BCUT2D eigenvalue weighted by Crippen LogP contribution is -2.16. The van der Waals surface area contributed by atoms with Crippen LogP contribution in [0.5, 0.6) is 0 Å². The smallest absolute Gasteiger partial charge is 0.337 e. The van der Waals surface area contributed by atoms with E-state index >= 15 is 0 Å². The molecule has 3 nitrogen and oxygen atoms in total. The van der Waals surface area contributed by atoms with Crippen molar-refractivity contribution in [2.75, 3.05) is 7.11 Å². The van der Waals surface area contributed by atoms with E-state index in [1.54, 1.807) is 13.0 Å². The first-order valence-corrected chi connectivity index (χ1v) is 4.61. The molecule has 0 spiro atoms. The molecule has 1 N–H and O–H groups in total. The van der Waals surface area contributed by atoms with Crippen LogP contribution in [-0.4, -0.2) is 24.3 Å². The Morgan fingerprint density at radius 1 is 1.67 bits per heavy atom. The minimum Gasteiger partial charge on any atom is -0.466 e. The van der Waals surface area contributed by atoms with E-state index in [1.165, 1.54) is 17.3 Å². The first-order valence-electron chi connectivity index (χ1n) is 3.36. The van der Waals surface area contributed by atoms with Crippen LogP contribution in [0.3, 0.4) is 0 Å². The van der Waals surface area contributed by atoms with Gasteiger partial charge < -0.3 is 9.84 Å². The summed E-state index contributed by atoms with van der Waals surface area (Å²) < 4.78 is 5.97. The van der Waals surface area contributed by atoms with Crippen molar-refractivity contribution >= 4 is 28.6 Å². The normalized spacial score (nSPS) is 14.8. The molecule has 68 valence electrons. The van der Waals surface area contributed by atoms with Gasteiger partial charge in [0.1, 0.15) is 6.10 Å². The summed E-state index contributed by atoms with van der Waals surface area (Å²) >= 11 is 1.89. The van der Waals surface area contributed by atoms with E-state index in [9.17, 15) is 9.90 Å². The Labute approximate surface area is 85.2 Å². The Balaban J connectivity index is 4.47. The van der Waals surface area contributed by atoms with Gasteiger partial charge in [-0.1, -0.05) is 34.7 Å². The molecule has 0 aliphatic rings. The van der Waals surface area contributed by atoms with E-state index < -0.39 is 12.1 Å². The highest BCUT2D eigenvalue weighted by Gasteiger charge is 2.15. The number of rotatable bonds is 3. The zero-order chi connectivity index (χ0) is 9.56. The summed E-state index contributed by atoms with van der Waals surface area (Å²) in [6, 6.07) is 0. The quantitative estimate of drug-likeness (QED) is 0.368. The molecule has 4 heteroatoms. The van der Waals surface area contributed by atoms with Crippen molar-refractivity contribution in [2.24, 2.45) is 0 Å². The predicted molar refractivity (Wildman–Crippen MR) is 54.9 cm³/mol. The number of allylic oxidation sites excluding steroid dienone is 1. The summed E-state index contributed by atoms with van der Waals surface area (Å²) in [6.07, 6.45) is 2.31. The van der Waals surface area contributed by atoms with Crippen LogP contribution < -0.4 is 0 Å². The highest BCUT2D eigenvalue weighted by atomic mass is 127. The summed E-state index contributed by atoms with van der Waals surface area (Å²) in [6.45, 7) is 1.77. The first-order chi connectivity index (χ1) is 5.67. The fraction of sp³-hybridized carbons (Fsp3) is 0.375. The van der Waals surface area contributed by atoms with E-state index in [2.05, 4.69) is 4.74 Å². The van der Waals surface area contributed by atoms with Gasteiger partial charge in [-0.05, 0) is 11.0 Å². The Morgan fingerprint density at radius 3 is 2.58 bits per heavy atom. The van der Waals surface area contributed by atoms with Crippen molar-refractivity contribution in [1.29, 1.82) is 0 Å². The Kier molecular flexibility index (Phi) is 6.00. The maximum absolute atomic E-state index is 11.0. The van der Waals surface area contributed by atoms with Gasteiger partial charge in [-0.2, -0.15) is 0 Å². The topological polar surface area (TPSA) is 46.5 Å². The highest BCUT2D eigenvalue weighted by molar-refractivity contribution is 14.1. The maximum Gasteiger partial charge on any atom is 0.337 e. The molecular formula is C8H11IO3. The highest BCUT2D eigenvalue weighted by Crippen LogP contribution is 2.08. The average molecular weight is 282 g/mol. The van der Waals surface area contributed by atoms with Crippen LogP contribution in [0.25, 0.3) is 0 Å². The van der Waals surface area contributed by atoms with Gasteiger partial charge in [-0.25, -0.2) is 4.79 Å². The van der Waals surface area contributed by atoms with Crippen LogP contribution >= 0.6 is 22.6 Å². The molecule has 0 aromatic rings. The fourth-order valence-corrected chi connectivity index (χ4v) is 1.26. The monoisotopic (exact) mass is 282 g/mol. The van der Waals surface area contributed by atoms with Crippen LogP contribution in [0.1, 0.15) is 6.92 Å². The number of hydrogen-bond acceptors (Lipinski definition) is 3. The molecule has 0 aromatic heterocycles. The van der Waals surface area contributed by atoms with Gasteiger partial charge in [-0.3, -0.25) is 0 Å². The van der Waals surface area contributed by atoms with Gasteiger partial charge in [0.2, 0.25) is 0 Å². The first kappa shape index (κ1) is 11.6. The molecule has 0 saturated carbocycles. The average Bonchev–Trinajstić information content (AvgIpc) is 2.06. The summed E-state index contributed by atoms with van der Waals surface area (Å²) in [5.41, 5.74) is 0.246. The van der Waals surface area contributed by atoms with Crippen LogP contribution in [0.15, 0.2) is 21.8 Å². The minimum atomic E-state index is -0.876. The second-order valence-electron chi connectivity index (χ2n) is 2.03. The van der Waals surface area contributed by atoms with E-state index in [1.807, 2.05) is 22.6 Å². The van der Waals surface area contributed by atoms with Crippen LogP contribution in [0.2, 0.25) is 0 Å². The van der Waals surface area contributed by atoms with Gasteiger partial charge in [0.05, 0.1) is 12.7 Å². The Bertz CT molecular complexity index is 208. The number of aliphatic hydroxyl groups is 1. The molecule has 0 aliphatic carbocycles. The van der Waals surface area contributed by atoms with Gasteiger partial charge in [-0.15, -0.1) is 0 Å². The summed E-state index contributed by atoms with van der Waals surface area (Å²) in [5, 5.41) is 9.35. The minimum absolute atomic E-state index is 0.246. The van der Waals surface area contributed by atoms with Gasteiger partial charge in [0.25, 0.3) is 0 Å². The van der Waals surface area contributed by atoms with Gasteiger partial charge >= 0.3 is 5.97 Å². The Morgan fingerprint density at radius 2 is 2.25 bits per heavy atom. The van der Waals surface area contributed by atoms with Crippen LogP contribution in [-0.2, 0) is 9.53 Å². The molecule has 0 bridgehead atoms. The largest absolute Gasteiger partial charge is 0.466 e.